The molecule has 0 aliphatic heterocycles. The van der Waals surface area contributed by atoms with Crippen molar-refractivity contribution in [1.29, 1.82) is 0 Å². The maximum Gasteiger partial charge on any atom is 0.267 e. The van der Waals surface area contributed by atoms with E-state index in [4.69, 9.17) is 9.52 Å². The van der Waals surface area contributed by atoms with Crippen LogP contribution in [0.1, 0.15) is 11.5 Å². The number of rotatable bonds is 4. The van der Waals surface area contributed by atoms with E-state index in [2.05, 4.69) is 14.7 Å². The highest BCUT2D eigenvalue weighted by molar-refractivity contribution is 7.92. The van der Waals surface area contributed by atoms with E-state index in [-0.39, 0.29) is 29.0 Å². The summed E-state index contributed by atoms with van der Waals surface area (Å²) in [5.41, 5.74) is 0. The van der Waals surface area contributed by atoms with Crippen LogP contribution in [0.15, 0.2) is 33.8 Å². The Balaban J connectivity index is 2.34. The van der Waals surface area contributed by atoms with E-state index in [1.807, 2.05) is 0 Å². The molecule has 0 aliphatic rings. The fourth-order valence-corrected chi connectivity index (χ4v) is 2.56. The second-order valence-electron chi connectivity index (χ2n) is 3.47. The van der Waals surface area contributed by atoms with Crippen LogP contribution in [-0.2, 0) is 16.6 Å². The Hall–Kier alpha value is -1.93. The standard InChI is InChI=1S/C10H11N3O4S/c1-7-9(5-8(6-14)17-7)18(15,16)13-10-11-3-2-4-12-10/h2-5,14H,6H2,1H3,(H,11,12,13). The van der Waals surface area contributed by atoms with Crippen LogP contribution in [0.25, 0.3) is 0 Å². The lowest BCUT2D eigenvalue weighted by Gasteiger charge is -2.04. The van der Waals surface area contributed by atoms with Gasteiger partial charge in [0.05, 0.1) is 0 Å². The van der Waals surface area contributed by atoms with E-state index in [1.165, 1.54) is 25.4 Å². The van der Waals surface area contributed by atoms with Crippen molar-refractivity contribution < 1.29 is 17.9 Å². The number of aliphatic hydroxyl groups excluding tert-OH is 1. The van der Waals surface area contributed by atoms with Crippen molar-refractivity contribution in [1.82, 2.24) is 9.97 Å². The van der Waals surface area contributed by atoms with Gasteiger partial charge in [0, 0.05) is 18.5 Å². The van der Waals surface area contributed by atoms with E-state index >= 15 is 0 Å². The van der Waals surface area contributed by atoms with Crippen molar-refractivity contribution in [2.24, 2.45) is 0 Å². The zero-order chi connectivity index (χ0) is 13.2. The number of nitrogens with zero attached hydrogens (tertiary/aromatic N) is 2. The smallest absolute Gasteiger partial charge is 0.267 e. The van der Waals surface area contributed by atoms with Gasteiger partial charge in [0.2, 0.25) is 5.95 Å². The first-order valence-electron chi connectivity index (χ1n) is 5.03. The molecule has 0 saturated heterocycles. The average Bonchev–Trinajstić information content (AvgIpc) is 2.72. The molecule has 0 aliphatic carbocycles. The Morgan fingerprint density at radius 2 is 2.06 bits per heavy atom. The summed E-state index contributed by atoms with van der Waals surface area (Å²) in [6.07, 6.45) is 2.85. The molecule has 18 heavy (non-hydrogen) atoms. The third-order valence-corrected chi connectivity index (χ3v) is 3.60. The van der Waals surface area contributed by atoms with Crippen LogP contribution in [0, 0.1) is 6.92 Å². The van der Waals surface area contributed by atoms with Gasteiger partial charge in [0.25, 0.3) is 10.0 Å². The molecule has 0 spiro atoms. The number of aromatic nitrogens is 2. The number of aliphatic hydroxyl groups is 1. The predicted molar refractivity (Wildman–Crippen MR) is 62.2 cm³/mol. The summed E-state index contributed by atoms with van der Waals surface area (Å²) in [6.45, 7) is 1.14. The van der Waals surface area contributed by atoms with Crippen LogP contribution in [0.2, 0.25) is 0 Å². The van der Waals surface area contributed by atoms with Gasteiger partial charge in [-0.25, -0.2) is 23.1 Å². The highest BCUT2D eigenvalue weighted by Gasteiger charge is 2.22. The first kappa shape index (κ1) is 12.5. The molecule has 2 heterocycles. The molecule has 2 aromatic rings. The second-order valence-corrected chi connectivity index (χ2v) is 5.12. The number of nitrogens with one attached hydrogen (secondary N) is 1. The van der Waals surface area contributed by atoms with Crippen molar-refractivity contribution in [2.45, 2.75) is 18.4 Å². The first-order chi connectivity index (χ1) is 8.53. The molecule has 0 bridgehead atoms. The normalized spacial score (nSPS) is 11.4. The van der Waals surface area contributed by atoms with E-state index in [9.17, 15) is 8.42 Å². The van der Waals surface area contributed by atoms with Gasteiger partial charge in [-0.05, 0) is 13.0 Å². The van der Waals surface area contributed by atoms with Crippen molar-refractivity contribution in [3.8, 4) is 0 Å². The fourth-order valence-electron chi connectivity index (χ4n) is 1.40. The van der Waals surface area contributed by atoms with E-state index < -0.39 is 10.0 Å². The minimum atomic E-state index is -3.81. The molecule has 8 heteroatoms. The molecule has 0 aromatic carbocycles. The van der Waals surface area contributed by atoms with Gasteiger partial charge in [-0.15, -0.1) is 0 Å². The maximum absolute atomic E-state index is 12.0. The quantitative estimate of drug-likeness (QED) is 0.845. The summed E-state index contributed by atoms with van der Waals surface area (Å²) in [6, 6.07) is 2.84. The summed E-state index contributed by atoms with van der Waals surface area (Å²) >= 11 is 0. The summed E-state index contributed by atoms with van der Waals surface area (Å²) in [5, 5.41) is 8.90. The van der Waals surface area contributed by atoms with E-state index in [1.54, 1.807) is 6.07 Å². The Kier molecular flexibility index (Phi) is 3.30. The van der Waals surface area contributed by atoms with Crippen LogP contribution in [0.3, 0.4) is 0 Å². The number of hydrogen-bond donors (Lipinski definition) is 2. The van der Waals surface area contributed by atoms with Crippen LogP contribution < -0.4 is 4.72 Å². The molecular formula is C10H11N3O4S. The van der Waals surface area contributed by atoms with Crippen molar-refractivity contribution in [3.05, 3.63) is 36.0 Å². The molecule has 0 unspecified atom stereocenters. The van der Waals surface area contributed by atoms with Gasteiger partial charge in [0.1, 0.15) is 23.0 Å². The summed E-state index contributed by atoms with van der Waals surface area (Å²) in [4.78, 5) is 7.49. The number of furan rings is 1. The molecule has 2 N–H and O–H groups in total. The SMILES string of the molecule is Cc1oc(CO)cc1S(=O)(=O)Nc1ncccn1. The first-order valence-corrected chi connectivity index (χ1v) is 6.51. The van der Waals surface area contributed by atoms with Gasteiger partial charge in [-0.1, -0.05) is 0 Å². The van der Waals surface area contributed by atoms with Crippen molar-refractivity contribution >= 4 is 16.0 Å². The number of sulfonamides is 1. The predicted octanol–water partition coefficient (Wildman–Crippen LogP) is 0.671. The van der Waals surface area contributed by atoms with E-state index in [0.29, 0.717) is 0 Å². The monoisotopic (exact) mass is 269 g/mol. The minimum Gasteiger partial charge on any atom is -0.462 e. The molecule has 0 radical (unpaired) electrons. The van der Waals surface area contributed by atoms with Gasteiger partial charge < -0.3 is 9.52 Å². The molecule has 0 amide bonds. The molecule has 2 aromatic heterocycles. The van der Waals surface area contributed by atoms with Gasteiger partial charge in [-0.2, -0.15) is 0 Å². The van der Waals surface area contributed by atoms with Gasteiger partial charge in [-0.3, -0.25) is 0 Å². The molecule has 2 rings (SSSR count). The minimum absolute atomic E-state index is 0.0244. The third-order valence-electron chi connectivity index (χ3n) is 2.16. The second kappa shape index (κ2) is 4.75. The lowest BCUT2D eigenvalue weighted by atomic mass is 10.4. The summed E-state index contributed by atoms with van der Waals surface area (Å²) in [7, 11) is -3.81. The number of aryl methyl sites for hydroxylation is 1. The van der Waals surface area contributed by atoms with E-state index in [0.717, 1.165) is 0 Å². The zero-order valence-electron chi connectivity index (χ0n) is 9.49. The van der Waals surface area contributed by atoms with Crippen LogP contribution in [-0.4, -0.2) is 23.5 Å². The molecule has 0 atom stereocenters. The fraction of sp³-hybridized carbons (Fsp3) is 0.200. The van der Waals surface area contributed by atoms with Crippen molar-refractivity contribution in [3.63, 3.8) is 0 Å². The molecule has 0 saturated carbocycles. The zero-order valence-corrected chi connectivity index (χ0v) is 10.3. The van der Waals surface area contributed by atoms with Crippen LogP contribution in [0.4, 0.5) is 5.95 Å². The molecule has 7 nitrogen and oxygen atoms in total. The van der Waals surface area contributed by atoms with Crippen molar-refractivity contribution in [2.75, 3.05) is 4.72 Å². The molecule has 0 fully saturated rings. The Labute approximate surface area is 104 Å². The average molecular weight is 269 g/mol. The van der Waals surface area contributed by atoms with Crippen LogP contribution >= 0.6 is 0 Å². The van der Waals surface area contributed by atoms with Gasteiger partial charge in [0.15, 0.2) is 0 Å². The number of anilines is 1. The summed E-state index contributed by atoms with van der Waals surface area (Å²) < 4.78 is 31.3. The largest absolute Gasteiger partial charge is 0.462 e. The third kappa shape index (κ3) is 2.49. The lowest BCUT2D eigenvalue weighted by Crippen LogP contribution is -2.15. The molecule has 96 valence electrons. The maximum atomic E-state index is 12.0. The summed E-state index contributed by atoms with van der Waals surface area (Å²) in [5.74, 6) is 0.355. The highest BCUT2D eigenvalue weighted by Crippen LogP contribution is 2.21. The topological polar surface area (TPSA) is 105 Å². The molecular weight excluding hydrogens is 258 g/mol. The Morgan fingerprint density at radius 1 is 1.39 bits per heavy atom. The number of hydrogen-bond acceptors (Lipinski definition) is 6. The lowest BCUT2D eigenvalue weighted by molar-refractivity contribution is 0.245. The highest BCUT2D eigenvalue weighted by atomic mass is 32.2. The Morgan fingerprint density at radius 3 is 2.61 bits per heavy atom. The van der Waals surface area contributed by atoms with Gasteiger partial charge >= 0.3 is 0 Å². The van der Waals surface area contributed by atoms with Crippen LogP contribution in [0.5, 0.6) is 0 Å². The Bertz CT molecular complexity index is 636.